The molecule has 0 radical (unpaired) electrons. The van der Waals surface area contributed by atoms with Crippen LogP contribution in [-0.2, 0) is 0 Å². The number of allylic oxidation sites excluding steroid dienone is 2. The third-order valence-corrected chi connectivity index (χ3v) is 5.13. The van der Waals surface area contributed by atoms with E-state index in [9.17, 15) is 0 Å². The summed E-state index contributed by atoms with van der Waals surface area (Å²) in [5, 5.41) is 0. The molecule has 0 amide bonds. The first-order valence-electron chi connectivity index (χ1n) is 7.83. The van der Waals surface area contributed by atoms with Gasteiger partial charge in [0.25, 0.3) is 0 Å². The maximum absolute atomic E-state index is 2.40. The van der Waals surface area contributed by atoms with Gasteiger partial charge in [0.15, 0.2) is 0 Å². The number of benzene rings is 2. The molecule has 0 saturated heterocycles. The molecule has 4 rings (SSSR count). The second kappa shape index (κ2) is 5.39. The first kappa shape index (κ1) is 13.8. The molecule has 2 heteroatoms. The van der Waals surface area contributed by atoms with E-state index in [2.05, 4.69) is 96.1 Å². The third-order valence-electron chi connectivity index (χ3n) is 5.13. The molecule has 0 aliphatic heterocycles. The fraction of sp³-hybridized carbons (Fsp3) is 0.158. The van der Waals surface area contributed by atoms with Gasteiger partial charge in [-0.25, -0.2) is 0 Å². The summed E-state index contributed by atoms with van der Waals surface area (Å²) in [6.45, 7) is 0. The van der Waals surface area contributed by atoms with Gasteiger partial charge in [0, 0.05) is 0 Å². The zero-order chi connectivity index (χ0) is 14.4. The van der Waals surface area contributed by atoms with Crippen molar-refractivity contribution in [1.29, 1.82) is 0 Å². The van der Waals surface area contributed by atoms with E-state index in [4.69, 9.17) is 0 Å². The van der Waals surface area contributed by atoms with E-state index < -0.39 is 0 Å². The van der Waals surface area contributed by atoms with E-state index in [1.54, 1.807) is 11.1 Å². The minimum atomic E-state index is 0.554. The van der Waals surface area contributed by atoms with E-state index in [1.165, 1.54) is 22.3 Å². The molecule has 21 heavy (non-hydrogen) atoms. The molecule has 2 unspecified atom stereocenters. The van der Waals surface area contributed by atoms with E-state index in [0.717, 1.165) is 6.42 Å². The van der Waals surface area contributed by atoms with E-state index in [-0.39, 0.29) is 0 Å². The summed E-state index contributed by atoms with van der Waals surface area (Å²) in [5.41, 5.74) is 8.89. The van der Waals surface area contributed by atoms with Gasteiger partial charge in [-0.15, -0.1) is 0 Å². The summed E-state index contributed by atoms with van der Waals surface area (Å²) in [6, 6.07) is 17.6. The van der Waals surface area contributed by atoms with Crippen molar-refractivity contribution in [2.75, 3.05) is 0 Å². The van der Waals surface area contributed by atoms with Gasteiger partial charge in [0.05, 0.1) is 0 Å². The minimum absolute atomic E-state index is 0.554. The van der Waals surface area contributed by atoms with Crippen molar-refractivity contribution in [2.24, 2.45) is 0 Å². The summed E-state index contributed by atoms with van der Waals surface area (Å²) >= 11 is 4.68. The van der Waals surface area contributed by atoms with Gasteiger partial charge in [0.2, 0.25) is 0 Å². The van der Waals surface area contributed by atoms with E-state index >= 15 is 0 Å². The van der Waals surface area contributed by atoms with Gasteiger partial charge in [-0.1, -0.05) is 0 Å². The summed E-state index contributed by atoms with van der Waals surface area (Å²) in [6.07, 6.45) is 5.90. The first-order chi connectivity index (χ1) is 10.2. The predicted molar refractivity (Wildman–Crippen MR) is 90.4 cm³/mol. The van der Waals surface area contributed by atoms with Crippen LogP contribution in [0.15, 0.2) is 59.7 Å². The van der Waals surface area contributed by atoms with Gasteiger partial charge in [-0.3, -0.25) is 0 Å². The molecule has 0 heterocycles. The fourth-order valence-electron chi connectivity index (χ4n) is 3.77. The molecule has 2 aromatic carbocycles. The number of hydrogen-bond donors (Lipinski definition) is 0. The van der Waals surface area contributed by atoms with Gasteiger partial charge >= 0.3 is 145 Å². The van der Waals surface area contributed by atoms with Crippen LogP contribution in [-0.4, -0.2) is 35.4 Å². The molecule has 0 N–H and O–H groups in total. The number of rotatable bonds is 2. The van der Waals surface area contributed by atoms with Gasteiger partial charge in [-0.05, 0) is 0 Å². The summed E-state index contributed by atoms with van der Waals surface area (Å²) in [4.78, 5) is 0. The zero-order valence-corrected chi connectivity index (χ0v) is 12.6. The maximum atomic E-state index is 2.40. The van der Waals surface area contributed by atoms with Crippen LogP contribution < -0.4 is 0 Å². The SMILES string of the molecule is [Li][CH]1C(CC2=Cc3ccccc3[CH]2[Li])=Cc2ccccc21. The predicted octanol–water partition coefficient (Wildman–Crippen LogP) is 3.99. The fourth-order valence-corrected chi connectivity index (χ4v) is 3.77. The summed E-state index contributed by atoms with van der Waals surface area (Å²) < 4.78 is 1.11. The van der Waals surface area contributed by atoms with Crippen molar-refractivity contribution in [3.05, 3.63) is 81.9 Å². The monoisotopic (exact) mass is 256 g/mol. The first-order valence-corrected chi connectivity index (χ1v) is 7.83. The van der Waals surface area contributed by atoms with Gasteiger partial charge < -0.3 is 0 Å². The Balaban J connectivity index is 1.62. The quantitative estimate of drug-likeness (QED) is 0.713. The third kappa shape index (κ3) is 2.32. The molecule has 2 atom stereocenters. The van der Waals surface area contributed by atoms with E-state index in [0.29, 0.717) is 9.18 Å². The van der Waals surface area contributed by atoms with Crippen molar-refractivity contribution in [3.63, 3.8) is 0 Å². The van der Waals surface area contributed by atoms with Crippen molar-refractivity contribution in [1.82, 2.24) is 0 Å². The zero-order valence-electron chi connectivity index (χ0n) is 12.6. The summed E-state index contributed by atoms with van der Waals surface area (Å²) in [5.74, 6) is 0. The van der Waals surface area contributed by atoms with Crippen LogP contribution in [0.25, 0.3) is 12.2 Å². The second-order valence-corrected chi connectivity index (χ2v) is 6.32. The summed E-state index contributed by atoms with van der Waals surface area (Å²) in [7, 11) is 0. The topological polar surface area (TPSA) is 0 Å². The molecule has 0 spiro atoms. The van der Waals surface area contributed by atoms with Crippen LogP contribution in [0, 0.1) is 0 Å². The Labute approximate surface area is 144 Å². The molecule has 2 aliphatic carbocycles. The molecular weight excluding hydrogens is 242 g/mol. The Bertz CT molecular complexity index is 705. The Kier molecular flexibility index (Phi) is 3.53. The second-order valence-electron chi connectivity index (χ2n) is 6.32. The number of fused-ring (bicyclic) bond motifs is 2. The van der Waals surface area contributed by atoms with E-state index in [1.807, 2.05) is 0 Å². The average Bonchev–Trinajstić information content (AvgIpc) is 2.99. The van der Waals surface area contributed by atoms with Gasteiger partial charge in [0.1, 0.15) is 0 Å². The Morgan fingerprint density at radius 2 is 1.10 bits per heavy atom. The molecule has 92 valence electrons. The van der Waals surface area contributed by atoms with Crippen molar-refractivity contribution >= 4 is 47.6 Å². The average molecular weight is 256 g/mol. The van der Waals surface area contributed by atoms with Crippen LogP contribution in [0.3, 0.4) is 0 Å². The molecule has 0 bridgehead atoms. The van der Waals surface area contributed by atoms with Crippen molar-refractivity contribution in [2.45, 2.75) is 15.6 Å². The van der Waals surface area contributed by atoms with Crippen LogP contribution in [0.2, 0.25) is 0 Å². The van der Waals surface area contributed by atoms with Crippen molar-refractivity contribution < 1.29 is 0 Å². The van der Waals surface area contributed by atoms with Crippen LogP contribution in [0.4, 0.5) is 0 Å². The molecule has 2 aliphatic rings. The van der Waals surface area contributed by atoms with Crippen LogP contribution >= 0.6 is 0 Å². The Morgan fingerprint density at radius 3 is 1.52 bits per heavy atom. The Morgan fingerprint density at radius 1 is 0.667 bits per heavy atom. The van der Waals surface area contributed by atoms with Crippen LogP contribution in [0.1, 0.15) is 37.9 Å². The van der Waals surface area contributed by atoms with Crippen LogP contribution in [0.5, 0.6) is 0 Å². The molecule has 0 saturated carbocycles. The van der Waals surface area contributed by atoms with Crippen molar-refractivity contribution in [3.8, 4) is 0 Å². The Hall–Kier alpha value is -0.885. The molecule has 2 aromatic rings. The molecule has 0 nitrogen and oxygen atoms in total. The number of hydrogen-bond acceptors (Lipinski definition) is 0. The van der Waals surface area contributed by atoms with Gasteiger partial charge in [-0.2, -0.15) is 0 Å². The standard InChI is InChI=1S/C19H14.2Li/c1-2-6-17-11-14(10-16(17)5-1)9-15-12-18-7-3-4-8-19(18)13-15;;/h1-8,10-13H,9H2;;. The normalized spacial score (nSPS) is 22.7. The molecule has 0 fully saturated rings. The molecule has 0 aromatic heterocycles. The molecular formula is C19H14Li2.